The van der Waals surface area contributed by atoms with Crippen LogP contribution in [0.2, 0.25) is 10.0 Å². The average molecular weight is 465 g/mol. The zero-order chi connectivity index (χ0) is 19.2. The van der Waals surface area contributed by atoms with Crippen LogP contribution in [-0.2, 0) is 11.2 Å². The summed E-state index contributed by atoms with van der Waals surface area (Å²) in [4.78, 5) is 15.5. The van der Waals surface area contributed by atoms with Gasteiger partial charge in [-0.3, -0.25) is 4.79 Å². The highest BCUT2D eigenvalue weighted by Gasteiger charge is 2.53. The molecule has 2 aliphatic rings. The predicted octanol–water partition coefficient (Wildman–Crippen LogP) is 6.54. The maximum absolute atomic E-state index is 13.4. The minimum absolute atomic E-state index is 0.111. The lowest BCUT2D eigenvalue weighted by Crippen LogP contribution is -2.45. The first-order chi connectivity index (χ1) is 12.9. The number of hydrogen-bond donors (Lipinski definition) is 0. The summed E-state index contributed by atoms with van der Waals surface area (Å²) in [7, 11) is 0. The van der Waals surface area contributed by atoms with Gasteiger partial charge in [-0.25, -0.2) is 0 Å². The minimum atomic E-state index is -0.232. The van der Waals surface area contributed by atoms with Crippen molar-refractivity contribution in [2.45, 2.75) is 38.1 Å². The Morgan fingerprint density at radius 1 is 1.11 bits per heavy atom. The van der Waals surface area contributed by atoms with Gasteiger partial charge in [-0.2, -0.15) is 0 Å². The zero-order valence-corrected chi connectivity index (χ0v) is 18.2. The van der Waals surface area contributed by atoms with Crippen LogP contribution in [0, 0.1) is 0 Å². The highest BCUT2D eigenvalue weighted by molar-refractivity contribution is 9.10. The van der Waals surface area contributed by atoms with Crippen LogP contribution in [0.1, 0.15) is 37.3 Å². The summed E-state index contributed by atoms with van der Waals surface area (Å²) in [6.45, 7) is 2.94. The van der Waals surface area contributed by atoms with E-state index in [-0.39, 0.29) is 11.4 Å². The molecule has 0 radical (unpaired) electrons. The molecular formula is C22H20BrCl2NO. The van der Waals surface area contributed by atoms with Crippen LogP contribution in [0.3, 0.4) is 0 Å². The topological polar surface area (TPSA) is 20.3 Å². The maximum Gasteiger partial charge on any atom is 0.255 e. The van der Waals surface area contributed by atoms with Crippen LogP contribution in [-0.4, -0.2) is 22.9 Å². The fourth-order valence-electron chi connectivity index (χ4n) is 4.72. The number of rotatable bonds is 4. The van der Waals surface area contributed by atoms with Gasteiger partial charge >= 0.3 is 0 Å². The number of hydrogen-bond acceptors (Lipinski definition) is 1. The summed E-state index contributed by atoms with van der Waals surface area (Å²) >= 11 is 16.0. The SMILES string of the molecule is CCC1=C(c2cc(Cl)cc(Cl)c2)C(=O)N2CCC[C@@]12Cc1ccc(Br)cc1. The van der Waals surface area contributed by atoms with Crippen molar-refractivity contribution < 1.29 is 4.79 Å². The molecule has 4 rings (SSSR count). The third-order valence-corrected chi connectivity index (χ3v) is 6.69. The predicted molar refractivity (Wildman–Crippen MR) is 115 cm³/mol. The van der Waals surface area contributed by atoms with E-state index < -0.39 is 0 Å². The van der Waals surface area contributed by atoms with E-state index in [2.05, 4.69) is 52.0 Å². The molecule has 2 nitrogen and oxygen atoms in total. The van der Waals surface area contributed by atoms with Crippen LogP contribution < -0.4 is 0 Å². The molecule has 2 aromatic rings. The number of carbonyl (C=O) groups excluding carboxylic acids is 1. The second-order valence-corrected chi connectivity index (χ2v) is 9.05. The fourth-order valence-corrected chi connectivity index (χ4v) is 5.51. The van der Waals surface area contributed by atoms with E-state index in [1.165, 1.54) is 11.1 Å². The number of benzene rings is 2. The van der Waals surface area contributed by atoms with Crippen molar-refractivity contribution in [3.63, 3.8) is 0 Å². The van der Waals surface area contributed by atoms with E-state index in [0.29, 0.717) is 10.0 Å². The van der Waals surface area contributed by atoms with Crippen LogP contribution in [0.25, 0.3) is 5.57 Å². The summed E-state index contributed by atoms with van der Waals surface area (Å²) in [6.07, 6.45) is 3.70. The molecule has 0 saturated carbocycles. The standard InChI is InChI=1S/C22H20BrCl2NO/c1-2-19-20(15-10-17(24)12-18(25)11-15)21(27)26-9-3-8-22(19,26)13-14-4-6-16(23)7-5-14/h4-7,10-12H,2-3,8-9,13H2,1H3/t22-/m1/s1. The Hall–Kier alpha value is -1.29. The molecular weight excluding hydrogens is 445 g/mol. The number of nitrogens with zero attached hydrogens (tertiary/aromatic N) is 1. The highest BCUT2D eigenvalue weighted by Crippen LogP contribution is 2.50. The Bertz CT molecular complexity index is 918. The first-order valence-corrected chi connectivity index (χ1v) is 10.8. The quantitative estimate of drug-likeness (QED) is 0.503. The van der Waals surface area contributed by atoms with E-state index in [9.17, 15) is 4.79 Å². The van der Waals surface area contributed by atoms with Gasteiger partial charge in [0.1, 0.15) is 0 Å². The molecule has 2 aromatic carbocycles. The second kappa shape index (κ2) is 7.27. The number of fused-ring (bicyclic) bond motifs is 1. The zero-order valence-electron chi connectivity index (χ0n) is 15.1. The van der Waals surface area contributed by atoms with E-state index in [0.717, 1.165) is 47.8 Å². The van der Waals surface area contributed by atoms with Crippen molar-refractivity contribution in [3.05, 3.63) is 73.7 Å². The monoisotopic (exact) mass is 463 g/mol. The first-order valence-electron chi connectivity index (χ1n) is 9.21. The van der Waals surface area contributed by atoms with Crippen molar-refractivity contribution >= 4 is 50.6 Å². The minimum Gasteiger partial charge on any atom is -0.329 e. The molecule has 0 aromatic heterocycles. The van der Waals surface area contributed by atoms with Gasteiger partial charge in [0.05, 0.1) is 5.54 Å². The highest BCUT2D eigenvalue weighted by atomic mass is 79.9. The molecule has 2 aliphatic heterocycles. The average Bonchev–Trinajstić information content (AvgIpc) is 3.12. The maximum atomic E-state index is 13.4. The Morgan fingerprint density at radius 3 is 2.41 bits per heavy atom. The number of carbonyl (C=O) groups is 1. The molecule has 0 N–H and O–H groups in total. The van der Waals surface area contributed by atoms with Gasteiger partial charge in [-0.05, 0) is 72.7 Å². The van der Waals surface area contributed by atoms with Crippen molar-refractivity contribution in [1.29, 1.82) is 0 Å². The molecule has 1 saturated heterocycles. The third-order valence-electron chi connectivity index (χ3n) is 5.73. The number of halogens is 3. The lowest BCUT2D eigenvalue weighted by molar-refractivity contribution is -0.126. The van der Waals surface area contributed by atoms with E-state index in [1.54, 1.807) is 6.07 Å². The summed E-state index contributed by atoms with van der Waals surface area (Å²) in [6, 6.07) is 13.8. The third kappa shape index (κ3) is 3.24. The fraction of sp³-hybridized carbons (Fsp3) is 0.318. The van der Waals surface area contributed by atoms with Crippen LogP contribution in [0.4, 0.5) is 0 Å². The van der Waals surface area contributed by atoms with Gasteiger partial charge in [-0.1, -0.05) is 58.2 Å². The molecule has 0 aliphatic carbocycles. The Morgan fingerprint density at radius 2 is 1.78 bits per heavy atom. The van der Waals surface area contributed by atoms with Crippen molar-refractivity contribution in [1.82, 2.24) is 4.90 Å². The summed E-state index contributed by atoms with van der Waals surface area (Å²) in [5, 5.41) is 1.12. The Labute approximate surface area is 178 Å². The summed E-state index contributed by atoms with van der Waals surface area (Å²) in [5.41, 5.74) is 3.85. The van der Waals surface area contributed by atoms with Gasteiger partial charge in [0.25, 0.3) is 5.91 Å². The molecule has 0 unspecified atom stereocenters. The summed E-state index contributed by atoms with van der Waals surface area (Å²) in [5.74, 6) is 0.111. The number of amides is 1. The molecule has 1 fully saturated rings. The molecule has 0 spiro atoms. The lowest BCUT2D eigenvalue weighted by atomic mass is 9.79. The van der Waals surface area contributed by atoms with Crippen LogP contribution in [0.15, 0.2) is 52.5 Å². The summed E-state index contributed by atoms with van der Waals surface area (Å²) < 4.78 is 1.06. The van der Waals surface area contributed by atoms with Gasteiger partial charge < -0.3 is 4.90 Å². The molecule has 0 bridgehead atoms. The molecule has 1 amide bonds. The largest absolute Gasteiger partial charge is 0.329 e. The van der Waals surface area contributed by atoms with E-state index >= 15 is 0 Å². The molecule has 1 atom stereocenters. The Balaban J connectivity index is 1.85. The normalized spacial score (nSPS) is 21.9. The van der Waals surface area contributed by atoms with Crippen molar-refractivity contribution in [2.75, 3.05) is 6.54 Å². The molecule has 2 heterocycles. The van der Waals surface area contributed by atoms with Gasteiger partial charge in [0, 0.05) is 26.6 Å². The van der Waals surface area contributed by atoms with E-state index in [1.807, 2.05) is 12.1 Å². The molecule has 5 heteroatoms. The first kappa shape index (κ1) is 19.0. The van der Waals surface area contributed by atoms with E-state index in [4.69, 9.17) is 23.2 Å². The smallest absolute Gasteiger partial charge is 0.255 e. The Kier molecular flexibility index (Phi) is 5.13. The van der Waals surface area contributed by atoms with Gasteiger partial charge in [0.15, 0.2) is 0 Å². The molecule has 27 heavy (non-hydrogen) atoms. The second-order valence-electron chi connectivity index (χ2n) is 7.26. The van der Waals surface area contributed by atoms with Gasteiger partial charge in [0.2, 0.25) is 0 Å². The van der Waals surface area contributed by atoms with Gasteiger partial charge in [-0.15, -0.1) is 0 Å². The van der Waals surface area contributed by atoms with Crippen molar-refractivity contribution in [2.24, 2.45) is 0 Å². The molecule has 140 valence electrons. The van der Waals surface area contributed by atoms with Crippen molar-refractivity contribution in [3.8, 4) is 0 Å². The van der Waals surface area contributed by atoms with Crippen LogP contribution >= 0.6 is 39.1 Å². The van der Waals surface area contributed by atoms with Crippen LogP contribution in [0.5, 0.6) is 0 Å². The lowest BCUT2D eigenvalue weighted by Gasteiger charge is -2.35.